The first kappa shape index (κ1) is 9.88. The Morgan fingerprint density at radius 2 is 2.00 bits per heavy atom. The van der Waals surface area contributed by atoms with Crippen LogP contribution in [-0.2, 0) is 0 Å². The Bertz CT molecular complexity index is 408. The number of nitrogens with zero attached hydrogens (tertiary/aromatic N) is 4. The Balaban J connectivity index is 2.80. The summed E-state index contributed by atoms with van der Waals surface area (Å²) in [5.41, 5.74) is 1.72. The van der Waals surface area contributed by atoms with Gasteiger partial charge in [-0.2, -0.15) is 20.8 Å². The predicted octanol–water partition coefficient (Wildman–Crippen LogP) is 2.49. The van der Waals surface area contributed by atoms with Crippen LogP contribution in [0.25, 0.3) is 0 Å². The Morgan fingerprint density at radius 3 is 2.57 bits per heavy atom. The molecule has 0 N–H and O–H groups in total. The first-order chi connectivity index (χ1) is 6.76. The molecule has 0 heterocycles. The molecule has 0 spiro atoms. The molecule has 14 heavy (non-hydrogen) atoms. The molecule has 0 unspecified atom stereocenters. The highest BCUT2D eigenvalue weighted by atomic mass is 15.1. The summed E-state index contributed by atoms with van der Waals surface area (Å²) in [7, 11) is 0. The van der Waals surface area contributed by atoms with Gasteiger partial charge in [-0.15, -0.1) is 0 Å². The van der Waals surface area contributed by atoms with Crippen molar-refractivity contribution in [1.82, 2.24) is 0 Å². The lowest BCUT2D eigenvalue weighted by atomic mass is 10.2. The second-order valence-corrected chi connectivity index (χ2v) is 2.72. The lowest BCUT2D eigenvalue weighted by Crippen LogP contribution is -1.92. The molecule has 0 amide bonds. The summed E-state index contributed by atoms with van der Waals surface area (Å²) in [6.07, 6.45) is 0. The number of hydrogen-bond acceptors (Lipinski definition) is 4. The third-order valence-electron chi connectivity index (χ3n) is 1.53. The van der Waals surface area contributed by atoms with Crippen LogP contribution < -0.4 is 0 Å². The molecule has 0 aliphatic heterocycles. The van der Waals surface area contributed by atoms with Crippen LogP contribution >= 0.6 is 0 Å². The van der Waals surface area contributed by atoms with E-state index in [1.54, 1.807) is 18.2 Å². The molecular weight excluding hydrogens is 176 g/mol. The van der Waals surface area contributed by atoms with Crippen molar-refractivity contribution < 1.29 is 0 Å². The van der Waals surface area contributed by atoms with Crippen LogP contribution in [0.4, 0.5) is 5.69 Å². The van der Waals surface area contributed by atoms with Crippen molar-refractivity contribution in [3.63, 3.8) is 0 Å². The van der Waals surface area contributed by atoms with Gasteiger partial charge in [-0.05, 0) is 24.6 Å². The minimum atomic E-state index is -1.02. The molecule has 0 saturated heterocycles. The molecule has 0 aromatic heterocycles. The maximum absolute atomic E-state index is 8.43. The van der Waals surface area contributed by atoms with Gasteiger partial charge in [0.05, 0.1) is 5.69 Å². The molecule has 4 heteroatoms. The monoisotopic (exact) mass is 184 g/mol. The minimum Gasteiger partial charge on any atom is -0.195 e. The van der Waals surface area contributed by atoms with Crippen LogP contribution in [0.2, 0.25) is 0 Å². The van der Waals surface area contributed by atoms with E-state index in [1.165, 1.54) is 0 Å². The predicted molar refractivity (Wildman–Crippen MR) is 50.7 cm³/mol. The van der Waals surface area contributed by atoms with Gasteiger partial charge in [0.15, 0.2) is 0 Å². The van der Waals surface area contributed by atoms with Crippen molar-refractivity contribution in [2.45, 2.75) is 13.0 Å². The van der Waals surface area contributed by atoms with Crippen LogP contribution in [-0.4, -0.2) is 6.04 Å². The molecule has 0 aliphatic carbocycles. The van der Waals surface area contributed by atoms with Crippen molar-refractivity contribution in [2.24, 2.45) is 10.2 Å². The van der Waals surface area contributed by atoms with E-state index in [9.17, 15) is 0 Å². The van der Waals surface area contributed by atoms with E-state index in [1.807, 2.05) is 25.1 Å². The maximum atomic E-state index is 8.43. The lowest BCUT2D eigenvalue weighted by molar-refractivity contribution is 0.949. The van der Waals surface area contributed by atoms with Crippen molar-refractivity contribution in [2.75, 3.05) is 0 Å². The number of azo groups is 1. The number of hydrogen-bond donors (Lipinski definition) is 0. The number of nitriles is 2. The average Bonchev–Trinajstić information content (AvgIpc) is 2.19. The minimum absolute atomic E-state index is 0.653. The molecule has 0 bridgehead atoms. The molecule has 0 fully saturated rings. The first-order valence-corrected chi connectivity index (χ1v) is 4.03. The normalized spacial score (nSPS) is 10.0. The van der Waals surface area contributed by atoms with Gasteiger partial charge in [-0.25, -0.2) is 0 Å². The first-order valence-electron chi connectivity index (χ1n) is 4.03. The number of aryl methyl sites for hydroxylation is 1. The van der Waals surface area contributed by atoms with Gasteiger partial charge >= 0.3 is 0 Å². The number of benzene rings is 1. The Morgan fingerprint density at radius 1 is 1.29 bits per heavy atom. The second-order valence-electron chi connectivity index (χ2n) is 2.72. The highest BCUT2D eigenvalue weighted by Gasteiger charge is 2.00. The third kappa shape index (κ3) is 2.69. The van der Waals surface area contributed by atoms with Crippen LogP contribution in [0.5, 0.6) is 0 Å². The molecule has 0 saturated carbocycles. The maximum Gasteiger partial charge on any atom is 0.242 e. The topological polar surface area (TPSA) is 72.3 Å². The van der Waals surface area contributed by atoms with E-state index in [0.717, 1.165) is 5.56 Å². The fourth-order valence-electron chi connectivity index (χ4n) is 0.895. The van der Waals surface area contributed by atoms with Gasteiger partial charge in [0.1, 0.15) is 12.1 Å². The summed E-state index contributed by atoms with van der Waals surface area (Å²) in [6, 6.07) is 9.79. The Labute approximate surface area is 82.1 Å². The zero-order valence-electron chi connectivity index (χ0n) is 7.68. The van der Waals surface area contributed by atoms with E-state index in [-0.39, 0.29) is 0 Å². The van der Waals surface area contributed by atoms with Crippen LogP contribution in [0.15, 0.2) is 34.5 Å². The summed E-state index contributed by atoms with van der Waals surface area (Å²) in [4.78, 5) is 0. The van der Waals surface area contributed by atoms with E-state index in [4.69, 9.17) is 10.5 Å². The molecule has 68 valence electrons. The summed E-state index contributed by atoms with van der Waals surface area (Å²) in [5.74, 6) is 0. The Kier molecular flexibility index (Phi) is 3.34. The van der Waals surface area contributed by atoms with E-state index < -0.39 is 6.04 Å². The Hall–Kier alpha value is -2.20. The van der Waals surface area contributed by atoms with Gasteiger partial charge in [-0.1, -0.05) is 12.1 Å². The standard InChI is InChI=1S/C10H8N4/c1-8-3-2-4-9(5-8)13-14-10(6-11)7-12/h2-5,10H,1H3. The summed E-state index contributed by atoms with van der Waals surface area (Å²) in [6.45, 7) is 1.94. The molecule has 0 aliphatic rings. The second kappa shape index (κ2) is 4.74. The van der Waals surface area contributed by atoms with Crippen molar-refractivity contribution in [3.8, 4) is 12.1 Å². The van der Waals surface area contributed by atoms with Gasteiger partial charge in [0.2, 0.25) is 6.04 Å². The molecule has 0 atom stereocenters. The smallest absolute Gasteiger partial charge is 0.195 e. The van der Waals surface area contributed by atoms with E-state index in [0.29, 0.717) is 5.69 Å². The fraction of sp³-hybridized carbons (Fsp3) is 0.200. The summed E-state index contributed by atoms with van der Waals surface area (Å²) in [5, 5.41) is 24.2. The zero-order chi connectivity index (χ0) is 10.4. The summed E-state index contributed by atoms with van der Waals surface area (Å²) >= 11 is 0. The van der Waals surface area contributed by atoms with Gasteiger partial charge < -0.3 is 0 Å². The SMILES string of the molecule is Cc1cccc(N=NC(C#N)C#N)c1. The van der Waals surface area contributed by atoms with Crippen LogP contribution in [0.3, 0.4) is 0 Å². The van der Waals surface area contributed by atoms with Gasteiger partial charge in [-0.3, -0.25) is 0 Å². The largest absolute Gasteiger partial charge is 0.242 e. The number of rotatable bonds is 2. The van der Waals surface area contributed by atoms with E-state index in [2.05, 4.69) is 10.2 Å². The molecule has 1 rings (SSSR count). The lowest BCUT2D eigenvalue weighted by Gasteiger charge is -1.93. The average molecular weight is 184 g/mol. The van der Waals surface area contributed by atoms with Crippen LogP contribution in [0, 0.1) is 29.6 Å². The fourth-order valence-corrected chi connectivity index (χ4v) is 0.895. The highest BCUT2D eigenvalue weighted by molar-refractivity contribution is 5.38. The van der Waals surface area contributed by atoms with Gasteiger partial charge in [0, 0.05) is 0 Å². The summed E-state index contributed by atoms with van der Waals surface area (Å²) < 4.78 is 0. The quantitative estimate of drug-likeness (QED) is 0.662. The molecule has 1 aromatic carbocycles. The molecule has 0 radical (unpaired) electrons. The van der Waals surface area contributed by atoms with Crippen molar-refractivity contribution in [3.05, 3.63) is 29.8 Å². The zero-order valence-corrected chi connectivity index (χ0v) is 7.68. The highest BCUT2D eigenvalue weighted by Crippen LogP contribution is 2.14. The van der Waals surface area contributed by atoms with E-state index >= 15 is 0 Å². The van der Waals surface area contributed by atoms with Crippen molar-refractivity contribution >= 4 is 5.69 Å². The third-order valence-corrected chi connectivity index (χ3v) is 1.53. The van der Waals surface area contributed by atoms with Gasteiger partial charge in [0.25, 0.3) is 0 Å². The van der Waals surface area contributed by atoms with Crippen molar-refractivity contribution in [1.29, 1.82) is 10.5 Å². The molecule has 1 aromatic rings. The molecular formula is C10H8N4. The van der Waals surface area contributed by atoms with Crippen LogP contribution in [0.1, 0.15) is 5.56 Å². The molecule has 4 nitrogen and oxygen atoms in total.